The molecule has 0 bridgehead atoms. The van der Waals surface area contributed by atoms with Gasteiger partial charge in [-0.3, -0.25) is 0 Å². The summed E-state index contributed by atoms with van der Waals surface area (Å²) < 4.78 is 0.217. The molecular weight excluding hydrogens is 266 g/mol. The molecule has 2 amide bonds. The van der Waals surface area contributed by atoms with Crippen molar-refractivity contribution in [2.75, 3.05) is 12.3 Å². The van der Waals surface area contributed by atoms with Gasteiger partial charge >= 0.3 is 6.03 Å². The zero-order valence-corrected chi connectivity index (χ0v) is 12.4. The lowest BCUT2D eigenvalue weighted by Crippen LogP contribution is -2.42. The molecule has 0 spiro atoms. The molecule has 1 fully saturated rings. The maximum absolute atomic E-state index is 11.7. The summed E-state index contributed by atoms with van der Waals surface area (Å²) in [6, 6.07) is -0.100. The number of aryl methyl sites for hydroxylation is 1. The molecule has 1 aliphatic rings. The van der Waals surface area contributed by atoms with E-state index in [4.69, 9.17) is 0 Å². The Kier molecular flexibility index (Phi) is 4.50. The molecule has 100 valence electrons. The molecule has 2 rings (SSSR count). The van der Waals surface area contributed by atoms with Gasteiger partial charge in [0.1, 0.15) is 5.01 Å². The minimum atomic E-state index is -0.100. The second-order valence-electron chi connectivity index (χ2n) is 4.80. The first-order chi connectivity index (χ1) is 8.57. The maximum Gasteiger partial charge on any atom is 0.315 e. The first kappa shape index (κ1) is 13.7. The topological polar surface area (TPSA) is 54.0 Å². The van der Waals surface area contributed by atoms with Crippen molar-refractivity contribution < 1.29 is 4.79 Å². The second-order valence-corrected chi connectivity index (χ2v) is 7.80. The maximum atomic E-state index is 11.7. The van der Waals surface area contributed by atoms with E-state index < -0.39 is 0 Å². The number of carbonyl (C=O) groups excluding carboxylic acids is 1. The van der Waals surface area contributed by atoms with Crippen LogP contribution in [0.15, 0.2) is 6.20 Å². The lowest BCUT2D eigenvalue weighted by Gasteiger charge is -2.22. The quantitative estimate of drug-likeness (QED) is 0.894. The number of hydrogen-bond donors (Lipinski definition) is 2. The average Bonchev–Trinajstić information content (AvgIpc) is 2.94. The number of thiazole rings is 1. The van der Waals surface area contributed by atoms with Gasteiger partial charge in [-0.15, -0.1) is 11.3 Å². The largest absolute Gasteiger partial charge is 0.337 e. The van der Waals surface area contributed by atoms with Gasteiger partial charge in [0, 0.05) is 22.4 Å². The molecule has 4 nitrogen and oxygen atoms in total. The number of hydrogen-bond acceptors (Lipinski definition) is 4. The number of amides is 2. The van der Waals surface area contributed by atoms with E-state index in [0.29, 0.717) is 6.54 Å². The Morgan fingerprint density at radius 3 is 3.00 bits per heavy atom. The smallest absolute Gasteiger partial charge is 0.315 e. The Morgan fingerprint density at radius 1 is 1.56 bits per heavy atom. The van der Waals surface area contributed by atoms with Crippen molar-refractivity contribution in [3.8, 4) is 0 Å². The van der Waals surface area contributed by atoms with Gasteiger partial charge < -0.3 is 10.6 Å². The van der Waals surface area contributed by atoms with Crippen LogP contribution in [0.4, 0.5) is 4.79 Å². The molecule has 1 aromatic rings. The van der Waals surface area contributed by atoms with Gasteiger partial charge in [-0.25, -0.2) is 9.78 Å². The van der Waals surface area contributed by atoms with Gasteiger partial charge in [-0.1, -0.05) is 0 Å². The van der Waals surface area contributed by atoms with Crippen LogP contribution >= 0.6 is 23.1 Å². The van der Waals surface area contributed by atoms with E-state index in [2.05, 4.69) is 22.5 Å². The number of urea groups is 1. The Labute approximate surface area is 116 Å². The van der Waals surface area contributed by atoms with Crippen molar-refractivity contribution in [3.05, 3.63) is 16.1 Å². The molecule has 1 saturated heterocycles. The molecular formula is C12H19N3OS2. The van der Waals surface area contributed by atoms with Crippen LogP contribution in [-0.2, 0) is 6.54 Å². The molecule has 0 radical (unpaired) electrons. The molecule has 2 N–H and O–H groups in total. The van der Waals surface area contributed by atoms with Crippen molar-refractivity contribution in [1.29, 1.82) is 0 Å². The SMILES string of the molecule is Cc1cnc(CNC(=O)NCC2(C)CCCS2)s1. The zero-order chi connectivity index (χ0) is 13.0. The minimum absolute atomic E-state index is 0.100. The number of rotatable bonds is 4. The highest BCUT2D eigenvalue weighted by molar-refractivity contribution is 8.00. The molecule has 0 aliphatic carbocycles. The van der Waals surface area contributed by atoms with Crippen molar-refractivity contribution in [3.63, 3.8) is 0 Å². The predicted molar refractivity (Wildman–Crippen MR) is 77.2 cm³/mol. The van der Waals surface area contributed by atoms with Crippen LogP contribution < -0.4 is 10.6 Å². The fraction of sp³-hybridized carbons (Fsp3) is 0.667. The van der Waals surface area contributed by atoms with Crippen LogP contribution in [0.1, 0.15) is 29.7 Å². The van der Waals surface area contributed by atoms with Crippen molar-refractivity contribution >= 4 is 29.1 Å². The van der Waals surface area contributed by atoms with Crippen molar-refractivity contribution in [2.45, 2.75) is 38.0 Å². The predicted octanol–water partition coefficient (Wildman–Crippen LogP) is 2.54. The van der Waals surface area contributed by atoms with Crippen LogP contribution in [0.25, 0.3) is 0 Å². The Morgan fingerprint density at radius 2 is 2.39 bits per heavy atom. The summed E-state index contributed by atoms with van der Waals surface area (Å²) in [6.45, 7) is 5.48. The molecule has 1 atom stereocenters. The third-order valence-electron chi connectivity index (χ3n) is 2.99. The molecule has 6 heteroatoms. The monoisotopic (exact) mass is 285 g/mol. The average molecular weight is 285 g/mol. The lowest BCUT2D eigenvalue weighted by molar-refractivity contribution is 0.239. The molecule has 1 aromatic heterocycles. The number of carbonyl (C=O) groups is 1. The fourth-order valence-electron chi connectivity index (χ4n) is 1.95. The van der Waals surface area contributed by atoms with Gasteiger partial charge in [-0.2, -0.15) is 11.8 Å². The van der Waals surface area contributed by atoms with Gasteiger partial charge in [0.2, 0.25) is 0 Å². The Bertz CT molecular complexity index is 413. The first-order valence-corrected chi connectivity index (χ1v) is 7.95. The van der Waals surface area contributed by atoms with Gasteiger partial charge in [0.25, 0.3) is 0 Å². The summed E-state index contributed by atoms with van der Waals surface area (Å²) in [4.78, 5) is 17.0. The van der Waals surface area contributed by atoms with E-state index in [1.807, 2.05) is 24.9 Å². The van der Waals surface area contributed by atoms with Gasteiger partial charge in [-0.05, 0) is 32.4 Å². The van der Waals surface area contributed by atoms with Gasteiger partial charge in [0.15, 0.2) is 0 Å². The molecule has 18 heavy (non-hydrogen) atoms. The second kappa shape index (κ2) is 5.93. The van der Waals surface area contributed by atoms with Crippen LogP contribution in [0, 0.1) is 6.92 Å². The number of aromatic nitrogens is 1. The lowest BCUT2D eigenvalue weighted by atomic mass is 10.1. The summed E-state index contributed by atoms with van der Waals surface area (Å²) in [7, 11) is 0. The highest BCUT2D eigenvalue weighted by atomic mass is 32.2. The summed E-state index contributed by atoms with van der Waals surface area (Å²) in [6.07, 6.45) is 4.27. The Balaban J connectivity index is 1.69. The minimum Gasteiger partial charge on any atom is -0.337 e. The normalized spacial score (nSPS) is 23.0. The zero-order valence-electron chi connectivity index (χ0n) is 10.8. The summed E-state index contributed by atoms with van der Waals surface area (Å²) in [5.41, 5.74) is 0. The number of nitrogens with one attached hydrogen (secondary N) is 2. The van der Waals surface area contributed by atoms with E-state index in [9.17, 15) is 4.79 Å². The van der Waals surface area contributed by atoms with Crippen molar-refractivity contribution in [1.82, 2.24) is 15.6 Å². The highest BCUT2D eigenvalue weighted by Crippen LogP contribution is 2.36. The van der Waals surface area contributed by atoms with Gasteiger partial charge in [0.05, 0.1) is 6.54 Å². The van der Waals surface area contributed by atoms with Crippen LogP contribution in [-0.4, -0.2) is 28.1 Å². The first-order valence-electron chi connectivity index (χ1n) is 6.14. The third kappa shape index (κ3) is 3.88. The molecule has 0 aromatic carbocycles. The highest BCUT2D eigenvalue weighted by Gasteiger charge is 2.29. The fourth-order valence-corrected chi connectivity index (χ4v) is 3.92. The summed E-state index contributed by atoms with van der Waals surface area (Å²) in [5, 5.41) is 6.74. The molecule has 1 aliphatic heterocycles. The van der Waals surface area contributed by atoms with Crippen molar-refractivity contribution in [2.24, 2.45) is 0 Å². The number of thioether (sulfide) groups is 1. The third-order valence-corrected chi connectivity index (χ3v) is 5.44. The summed E-state index contributed by atoms with van der Waals surface area (Å²) >= 11 is 3.57. The van der Waals surface area contributed by atoms with E-state index in [0.717, 1.165) is 11.6 Å². The molecule has 2 heterocycles. The van der Waals surface area contributed by atoms with Crippen LogP contribution in [0.2, 0.25) is 0 Å². The van der Waals surface area contributed by atoms with Crippen LogP contribution in [0.3, 0.4) is 0 Å². The molecule has 1 unspecified atom stereocenters. The van der Waals surface area contributed by atoms with E-state index in [1.54, 1.807) is 11.3 Å². The molecule has 0 saturated carbocycles. The number of nitrogens with zero attached hydrogens (tertiary/aromatic N) is 1. The van der Waals surface area contributed by atoms with Crippen LogP contribution in [0.5, 0.6) is 0 Å². The van der Waals surface area contributed by atoms with E-state index >= 15 is 0 Å². The Hall–Kier alpha value is -0.750. The van der Waals surface area contributed by atoms with E-state index in [1.165, 1.54) is 23.5 Å². The standard InChI is InChI=1S/C12H19N3OS2/c1-9-6-13-10(18-9)7-14-11(16)15-8-12(2)4-3-5-17-12/h6H,3-5,7-8H2,1-2H3,(H2,14,15,16). The summed E-state index contributed by atoms with van der Waals surface area (Å²) in [5.74, 6) is 1.21. The van der Waals surface area contributed by atoms with E-state index in [-0.39, 0.29) is 10.8 Å².